The molecular weight excluding hydrogens is 597 g/mol. The van der Waals surface area contributed by atoms with Crippen LogP contribution < -0.4 is 15.4 Å². The molecule has 3 aliphatic rings. The summed E-state index contributed by atoms with van der Waals surface area (Å²) >= 11 is 0. The number of primary amides is 1. The number of rotatable bonds is 7. The fraction of sp³-hybridized carbons (Fsp3) is 0.471. The molecule has 46 heavy (non-hydrogen) atoms. The van der Waals surface area contributed by atoms with Crippen molar-refractivity contribution >= 4 is 33.4 Å². The maximum Gasteiger partial charge on any atom is 0.319 e. The van der Waals surface area contributed by atoms with Crippen LogP contribution in [0.5, 0.6) is 11.8 Å². The van der Waals surface area contributed by atoms with Crippen LogP contribution in [0.3, 0.4) is 0 Å². The highest BCUT2D eigenvalue weighted by atomic mass is 19.1. The Morgan fingerprint density at radius 2 is 2.02 bits per heavy atom. The molecule has 0 aliphatic carbocycles. The van der Waals surface area contributed by atoms with Crippen molar-refractivity contribution in [3.8, 4) is 23.0 Å². The van der Waals surface area contributed by atoms with E-state index in [-0.39, 0.29) is 47.6 Å². The summed E-state index contributed by atoms with van der Waals surface area (Å²) in [6.07, 6.45) is 3.54. The van der Waals surface area contributed by atoms with Crippen molar-refractivity contribution in [2.24, 2.45) is 17.6 Å². The fourth-order valence-corrected chi connectivity index (χ4v) is 7.93. The molecule has 12 heteroatoms. The van der Waals surface area contributed by atoms with Crippen LogP contribution in [0.4, 0.5) is 19.0 Å². The van der Waals surface area contributed by atoms with Crippen LogP contribution in [-0.2, 0) is 11.2 Å². The molecular formula is C34H37F3N6O3. The highest BCUT2D eigenvalue weighted by Gasteiger charge is 2.49. The Balaban J connectivity index is 1.38. The first-order valence-electron chi connectivity index (χ1n) is 15.9. The van der Waals surface area contributed by atoms with Gasteiger partial charge in [-0.1, -0.05) is 19.9 Å². The molecule has 4 aromatic rings. The Morgan fingerprint density at radius 1 is 1.20 bits per heavy atom. The lowest BCUT2D eigenvalue weighted by Gasteiger charge is -2.36. The summed E-state index contributed by atoms with van der Waals surface area (Å²) < 4.78 is 52.5. The summed E-state index contributed by atoms with van der Waals surface area (Å²) in [4.78, 5) is 30.0. The van der Waals surface area contributed by atoms with E-state index in [2.05, 4.69) is 14.9 Å². The topological polar surface area (TPSA) is 118 Å². The third-order valence-corrected chi connectivity index (χ3v) is 10.00. The van der Waals surface area contributed by atoms with Crippen LogP contribution >= 0.6 is 0 Å². The lowest BCUT2D eigenvalue weighted by atomic mass is 9.90. The molecule has 2 aromatic carbocycles. The van der Waals surface area contributed by atoms with Crippen molar-refractivity contribution in [1.82, 2.24) is 19.9 Å². The number of phenolic OH excluding ortho intramolecular Hbond substituents is 1. The van der Waals surface area contributed by atoms with E-state index >= 15 is 4.39 Å². The molecule has 1 amide bonds. The van der Waals surface area contributed by atoms with E-state index in [1.165, 1.54) is 24.4 Å². The number of fused-ring (bicyclic) bond motifs is 3. The highest BCUT2D eigenvalue weighted by Crippen LogP contribution is 2.42. The molecule has 3 aliphatic heterocycles. The van der Waals surface area contributed by atoms with Crippen LogP contribution in [0.25, 0.3) is 32.9 Å². The van der Waals surface area contributed by atoms with E-state index in [4.69, 9.17) is 15.5 Å². The molecule has 5 heterocycles. The number of benzene rings is 2. The number of aromatic hydroxyl groups is 1. The second kappa shape index (κ2) is 11.6. The number of nitrogens with zero attached hydrogens (tertiary/aromatic N) is 5. The molecule has 7 rings (SSSR count). The standard InChI is InChI=1S/C34H37F3N6O3/c1-3-23-26(36)6-5-19-10-22(44)11-24(27(19)23)29-28(37)30-25(13-39-29)32(42-14-18(2)9-20(15-42)31(38)45)41-33(40-30)46-17-34-7-4-8-43(34)16-21(35)12-34/h5-6,10-11,13,18,20-21,44H,3-4,7-9,12,14-17H2,1-2H3,(H2,38,45)/t18?,20?,21-,34+/m1/s1. The average Bonchev–Trinajstić information content (AvgIpc) is 3.55. The summed E-state index contributed by atoms with van der Waals surface area (Å²) in [6.45, 7) is 5.93. The summed E-state index contributed by atoms with van der Waals surface area (Å²) in [5, 5.41) is 11.9. The molecule has 0 bridgehead atoms. The molecule has 4 atom stereocenters. The Hall–Kier alpha value is -4.19. The van der Waals surface area contributed by atoms with Gasteiger partial charge in [0.05, 0.1) is 16.8 Å². The largest absolute Gasteiger partial charge is 0.508 e. The van der Waals surface area contributed by atoms with E-state index in [1.807, 2.05) is 11.8 Å². The summed E-state index contributed by atoms with van der Waals surface area (Å²) in [7, 11) is 0. The first-order chi connectivity index (χ1) is 22.1. The van der Waals surface area contributed by atoms with Crippen molar-refractivity contribution in [3.05, 3.63) is 47.7 Å². The summed E-state index contributed by atoms with van der Waals surface area (Å²) in [5.74, 6) is -1.73. The number of nitrogens with two attached hydrogens (primary N) is 1. The Labute approximate surface area is 264 Å². The third kappa shape index (κ3) is 5.16. The van der Waals surface area contributed by atoms with Gasteiger partial charge in [-0.3, -0.25) is 14.7 Å². The van der Waals surface area contributed by atoms with Gasteiger partial charge in [-0.05, 0) is 72.7 Å². The minimum atomic E-state index is -0.946. The Kier molecular flexibility index (Phi) is 7.65. The molecule has 0 spiro atoms. The van der Waals surface area contributed by atoms with Crippen molar-refractivity contribution in [2.45, 2.75) is 57.7 Å². The molecule has 0 radical (unpaired) electrons. The number of carbonyl (C=O) groups is 1. The number of piperidine rings is 1. The Bertz CT molecular complexity index is 1860. The Morgan fingerprint density at radius 3 is 2.80 bits per heavy atom. The zero-order valence-electron chi connectivity index (χ0n) is 25.9. The van der Waals surface area contributed by atoms with Crippen molar-refractivity contribution in [3.63, 3.8) is 0 Å². The molecule has 0 saturated carbocycles. The highest BCUT2D eigenvalue weighted by molar-refractivity contribution is 6.01. The number of anilines is 1. The van der Waals surface area contributed by atoms with Gasteiger partial charge in [0.2, 0.25) is 5.91 Å². The van der Waals surface area contributed by atoms with Crippen LogP contribution in [0.1, 0.15) is 45.1 Å². The summed E-state index contributed by atoms with van der Waals surface area (Å²) in [5.41, 5.74) is 5.67. The van der Waals surface area contributed by atoms with Gasteiger partial charge < -0.3 is 20.5 Å². The number of amides is 1. The molecule has 3 saturated heterocycles. The first-order valence-corrected chi connectivity index (χ1v) is 15.9. The van der Waals surface area contributed by atoms with Crippen molar-refractivity contribution in [1.29, 1.82) is 0 Å². The summed E-state index contributed by atoms with van der Waals surface area (Å²) in [6, 6.07) is 5.69. The average molecular weight is 635 g/mol. The number of pyridine rings is 1. The van der Waals surface area contributed by atoms with Crippen molar-refractivity contribution < 1.29 is 27.8 Å². The molecule has 2 aromatic heterocycles. The van der Waals surface area contributed by atoms with Crippen LogP contribution in [0.15, 0.2) is 30.5 Å². The smallest absolute Gasteiger partial charge is 0.319 e. The predicted octanol–water partition coefficient (Wildman–Crippen LogP) is 5.29. The van der Waals surface area contributed by atoms with Crippen LogP contribution in [0.2, 0.25) is 0 Å². The van der Waals surface area contributed by atoms with Gasteiger partial charge in [-0.25, -0.2) is 13.2 Å². The molecule has 2 unspecified atom stereocenters. The van der Waals surface area contributed by atoms with E-state index < -0.39 is 35.2 Å². The zero-order chi connectivity index (χ0) is 32.3. The van der Waals surface area contributed by atoms with Gasteiger partial charge in [0.25, 0.3) is 0 Å². The van der Waals surface area contributed by atoms with Gasteiger partial charge in [-0.2, -0.15) is 9.97 Å². The van der Waals surface area contributed by atoms with Gasteiger partial charge >= 0.3 is 6.01 Å². The van der Waals surface area contributed by atoms with Gasteiger partial charge in [-0.15, -0.1) is 0 Å². The maximum absolute atomic E-state index is 16.8. The number of aromatic nitrogens is 3. The second-order valence-electron chi connectivity index (χ2n) is 13.2. The number of alkyl halides is 1. The molecule has 9 nitrogen and oxygen atoms in total. The fourth-order valence-electron chi connectivity index (χ4n) is 7.93. The van der Waals surface area contributed by atoms with E-state index in [9.17, 15) is 18.7 Å². The van der Waals surface area contributed by atoms with Crippen LogP contribution in [0, 0.1) is 23.5 Å². The number of phenols is 1. The maximum atomic E-state index is 16.8. The number of halogens is 3. The van der Waals surface area contributed by atoms with Crippen LogP contribution in [-0.4, -0.2) is 75.4 Å². The van der Waals surface area contributed by atoms with Gasteiger partial charge in [0.15, 0.2) is 5.82 Å². The zero-order valence-corrected chi connectivity index (χ0v) is 25.9. The van der Waals surface area contributed by atoms with E-state index in [0.717, 1.165) is 19.4 Å². The quantitative estimate of drug-likeness (QED) is 0.282. The number of hydrogen-bond donors (Lipinski definition) is 2. The molecule has 242 valence electrons. The normalized spacial score (nSPS) is 25.0. The van der Waals surface area contributed by atoms with E-state index in [0.29, 0.717) is 59.9 Å². The number of carbonyl (C=O) groups excluding carboxylic acids is 1. The SMILES string of the molecule is CCc1c(F)ccc2cc(O)cc(-c3ncc4c(N5CC(C)CC(C(N)=O)C5)nc(OC[C@@]56CCCN5C[C@H](F)C6)nc4c3F)c12. The predicted molar refractivity (Wildman–Crippen MR) is 168 cm³/mol. The minimum Gasteiger partial charge on any atom is -0.508 e. The monoisotopic (exact) mass is 634 g/mol. The molecule has 3 fully saturated rings. The minimum absolute atomic E-state index is 0.0691. The third-order valence-electron chi connectivity index (χ3n) is 10.00. The number of aryl methyl sites for hydroxylation is 1. The van der Waals surface area contributed by atoms with Gasteiger partial charge in [0, 0.05) is 37.8 Å². The number of hydrogen-bond acceptors (Lipinski definition) is 8. The van der Waals surface area contributed by atoms with Gasteiger partial charge in [0.1, 0.15) is 41.4 Å². The second-order valence-corrected chi connectivity index (χ2v) is 13.2. The van der Waals surface area contributed by atoms with Crippen molar-refractivity contribution in [2.75, 3.05) is 37.7 Å². The van der Waals surface area contributed by atoms with E-state index in [1.54, 1.807) is 13.0 Å². The molecule has 3 N–H and O–H groups in total. The lowest BCUT2D eigenvalue weighted by Crippen LogP contribution is -2.45. The first kappa shape index (κ1) is 30.5. The lowest BCUT2D eigenvalue weighted by molar-refractivity contribution is -0.122. The number of ether oxygens (including phenoxy) is 1.